The number of aryl methyl sites for hydroxylation is 1. The van der Waals surface area contributed by atoms with E-state index in [1.54, 1.807) is 24.3 Å². The molecule has 0 aliphatic carbocycles. The zero-order valence-corrected chi connectivity index (χ0v) is 12.1. The van der Waals surface area contributed by atoms with Crippen LogP contribution in [0.2, 0.25) is 0 Å². The highest BCUT2D eigenvalue weighted by molar-refractivity contribution is 7.90. The molecular formula is C15H14N2O2S. The van der Waals surface area contributed by atoms with Gasteiger partial charge in [-0.05, 0) is 36.4 Å². The molecular weight excluding hydrogens is 272 g/mol. The van der Waals surface area contributed by atoms with E-state index in [0.717, 1.165) is 22.4 Å². The number of nitrogens with zero attached hydrogens (tertiary/aromatic N) is 2. The molecule has 3 rings (SSSR count). The van der Waals surface area contributed by atoms with E-state index >= 15 is 0 Å². The van der Waals surface area contributed by atoms with Gasteiger partial charge in [-0.2, -0.15) is 0 Å². The van der Waals surface area contributed by atoms with E-state index in [0.29, 0.717) is 4.90 Å². The van der Waals surface area contributed by atoms with Gasteiger partial charge in [0.2, 0.25) is 0 Å². The highest BCUT2D eigenvalue weighted by Gasteiger charge is 2.11. The minimum Gasteiger partial charge on any atom is -0.327 e. The van der Waals surface area contributed by atoms with Gasteiger partial charge in [0.1, 0.15) is 5.82 Å². The highest BCUT2D eigenvalue weighted by Crippen LogP contribution is 2.24. The van der Waals surface area contributed by atoms with Crippen molar-refractivity contribution >= 4 is 20.9 Å². The molecule has 0 unspecified atom stereocenters. The Morgan fingerprint density at radius 2 is 1.65 bits per heavy atom. The number of rotatable bonds is 2. The van der Waals surface area contributed by atoms with Crippen LogP contribution in [0.4, 0.5) is 0 Å². The van der Waals surface area contributed by atoms with Gasteiger partial charge in [0.25, 0.3) is 0 Å². The van der Waals surface area contributed by atoms with E-state index in [2.05, 4.69) is 4.98 Å². The first-order valence-electron chi connectivity index (χ1n) is 6.19. The molecule has 1 aromatic heterocycles. The molecule has 4 nitrogen and oxygen atoms in total. The number of imidazole rings is 1. The molecule has 2 aromatic carbocycles. The Kier molecular flexibility index (Phi) is 2.87. The smallest absolute Gasteiger partial charge is 0.175 e. The lowest BCUT2D eigenvalue weighted by atomic mass is 10.2. The summed E-state index contributed by atoms with van der Waals surface area (Å²) in [6, 6.07) is 14.7. The Labute approximate surface area is 117 Å². The third kappa shape index (κ3) is 2.10. The zero-order valence-electron chi connectivity index (χ0n) is 11.2. The van der Waals surface area contributed by atoms with Crippen LogP contribution in [0.25, 0.3) is 22.4 Å². The van der Waals surface area contributed by atoms with Crippen molar-refractivity contribution in [2.75, 3.05) is 6.26 Å². The van der Waals surface area contributed by atoms with Gasteiger partial charge in [0.05, 0.1) is 15.9 Å². The Morgan fingerprint density at radius 1 is 1.00 bits per heavy atom. The largest absolute Gasteiger partial charge is 0.327 e. The molecule has 0 atom stereocenters. The molecule has 5 heteroatoms. The van der Waals surface area contributed by atoms with Crippen LogP contribution < -0.4 is 0 Å². The highest BCUT2D eigenvalue weighted by atomic mass is 32.2. The fourth-order valence-corrected chi connectivity index (χ4v) is 2.89. The van der Waals surface area contributed by atoms with Crippen LogP contribution >= 0.6 is 0 Å². The van der Waals surface area contributed by atoms with Crippen molar-refractivity contribution in [3.8, 4) is 11.4 Å². The molecule has 3 aromatic rings. The lowest BCUT2D eigenvalue weighted by Gasteiger charge is -2.03. The molecule has 0 fully saturated rings. The van der Waals surface area contributed by atoms with Crippen molar-refractivity contribution in [3.05, 3.63) is 48.5 Å². The maximum absolute atomic E-state index is 11.5. The minimum absolute atomic E-state index is 0.319. The van der Waals surface area contributed by atoms with Gasteiger partial charge in [-0.25, -0.2) is 13.4 Å². The molecule has 0 radical (unpaired) electrons. The monoisotopic (exact) mass is 286 g/mol. The zero-order chi connectivity index (χ0) is 14.3. The number of aromatic nitrogens is 2. The first-order valence-corrected chi connectivity index (χ1v) is 8.08. The molecule has 0 aliphatic heterocycles. The fraction of sp³-hybridized carbons (Fsp3) is 0.133. The van der Waals surface area contributed by atoms with Gasteiger partial charge in [-0.15, -0.1) is 0 Å². The summed E-state index contributed by atoms with van der Waals surface area (Å²) < 4.78 is 24.9. The summed E-state index contributed by atoms with van der Waals surface area (Å²) in [4.78, 5) is 4.91. The first-order chi connectivity index (χ1) is 9.47. The van der Waals surface area contributed by atoms with Gasteiger partial charge in [0.15, 0.2) is 9.84 Å². The molecule has 0 saturated carbocycles. The summed E-state index contributed by atoms with van der Waals surface area (Å²) in [7, 11) is -1.21. The second kappa shape index (κ2) is 4.45. The second-order valence-electron chi connectivity index (χ2n) is 4.78. The number of hydrogen-bond donors (Lipinski definition) is 0. The third-order valence-corrected chi connectivity index (χ3v) is 4.46. The van der Waals surface area contributed by atoms with Crippen LogP contribution in [0, 0.1) is 0 Å². The normalized spacial score (nSPS) is 11.9. The molecule has 20 heavy (non-hydrogen) atoms. The Morgan fingerprint density at radius 3 is 2.25 bits per heavy atom. The van der Waals surface area contributed by atoms with E-state index in [-0.39, 0.29) is 0 Å². The van der Waals surface area contributed by atoms with Crippen LogP contribution in [0.5, 0.6) is 0 Å². The van der Waals surface area contributed by atoms with Crippen molar-refractivity contribution in [2.24, 2.45) is 7.05 Å². The standard InChI is InChI=1S/C15H14N2O2S/c1-17-14-6-4-3-5-13(14)16-15(17)11-7-9-12(10-8-11)20(2,18)19/h3-10H,1-2H3. The summed E-state index contributed by atoms with van der Waals surface area (Å²) in [6.45, 7) is 0. The van der Waals surface area contributed by atoms with E-state index in [1.165, 1.54) is 6.26 Å². The summed E-state index contributed by atoms with van der Waals surface area (Å²) in [5.41, 5.74) is 2.88. The van der Waals surface area contributed by atoms with Gasteiger partial charge >= 0.3 is 0 Å². The van der Waals surface area contributed by atoms with E-state index in [1.807, 2.05) is 35.9 Å². The molecule has 0 saturated heterocycles. The fourth-order valence-electron chi connectivity index (χ4n) is 2.25. The van der Waals surface area contributed by atoms with Gasteiger partial charge in [-0.3, -0.25) is 0 Å². The van der Waals surface area contributed by atoms with Gasteiger partial charge in [0, 0.05) is 18.9 Å². The van der Waals surface area contributed by atoms with Crippen molar-refractivity contribution in [3.63, 3.8) is 0 Å². The molecule has 0 amide bonds. The third-order valence-electron chi connectivity index (χ3n) is 3.33. The van der Waals surface area contributed by atoms with Crippen LogP contribution in [0.1, 0.15) is 0 Å². The molecule has 0 aliphatic rings. The van der Waals surface area contributed by atoms with Crippen LogP contribution in [0.15, 0.2) is 53.4 Å². The maximum atomic E-state index is 11.5. The Bertz CT molecular complexity index is 878. The van der Waals surface area contributed by atoms with Crippen molar-refractivity contribution in [2.45, 2.75) is 4.90 Å². The minimum atomic E-state index is -3.16. The molecule has 0 spiro atoms. The first kappa shape index (κ1) is 12.9. The summed E-state index contributed by atoms with van der Waals surface area (Å²) >= 11 is 0. The van der Waals surface area contributed by atoms with Crippen LogP contribution in [-0.2, 0) is 16.9 Å². The van der Waals surface area contributed by atoms with Gasteiger partial charge < -0.3 is 4.57 Å². The molecule has 0 bridgehead atoms. The lowest BCUT2D eigenvalue weighted by molar-refractivity contribution is 0.602. The average Bonchev–Trinajstić information content (AvgIpc) is 2.76. The molecule has 102 valence electrons. The van der Waals surface area contributed by atoms with Crippen LogP contribution in [-0.4, -0.2) is 24.2 Å². The molecule has 0 N–H and O–H groups in total. The van der Waals surface area contributed by atoms with E-state index in [4.69, 9.17) is 0 Å². The van der Waals surface area contributed by atoms with Crippen molar-refractivity contribution in [1.82, 2.24) is 9.55 Å². The van der Waals surface area contributed by atoms with Crippen molar-refractivity contribution < 1.29 is 8.42 Å². The summed E-state index contributed by atoms with van der Waals surface area (Å²) in [5, 5.41) is 0. The Hall–Kier alpha value is -2.14. The predicted octanol–water partition coefficient (Wildman–Crippen LogP) is 2.64. The van der Waals surface area contributed by atoms with Crippen molar-refractivity contribution in [1.29, 1.82) is 0 Å². The lowest BCUT2D eigenvalue weighted by Crippen LogP contribution is -1.97. The summed E-state index contributed by atoms with van der Waals surface area (Å²) in [5.74, 6) is 0.825. The molecule has 1 heterocycles. The topological polar surface area (TPSA) is 52.0 Å². The Balaban J connectivity index is 2.14. The van der Waals surface area contributed by atoms with Gasteiger partial charge in [-0.1, -0.05) is 12.1 Å². The maximum Gasteiger partial charge on any atom is 0.175 e. The van der Waals surface area contributed by atoms with E-state index in [9.17, 15) is 8.42 Å². The number of benzene rings is 2. The SMILES string of the molecule is Cn1c(-c2ccc(S(C)(=O)=O)cc2)nc2ccccc21. The number of hydrogen-bond acceptors (Lipinski definition) is 3. The average molecular weight is 286 g/mol. The number of fused-ring (bicyclic) bond motifs is 1. The van der Waals surface area contributed by atoms with Crippen LogP contribution in [0.3, 0.4) is 0 Å². The summed E-state index contributed by atoms with van der Waals surface area (Å²) in [6.07, 6.45) is 1.21. The quantitative estimate of drug-likeness (QED) is 0.727. The predicted molar refractivity (Wildman–Crippen MR) is 79.3 cm³/mol. The second-order valence-corrected chi connectivity index (χ2v) is 6.80. The van der Waals surface area contributed by atoms with E-state index < -0.39 is 9.84 Å². The number of para-hydroxylation sites is 2. The number of sulfone groups is 1.